The van der Waals surface area contributed by atoms with Crippen molar-refractivity contribution in [3.8, 4) is 0 Å². The SMILES string of the molecule is CC1CCCCC12NC(=O)N(CC(=O)NCc1ccccn1)C2=O. The summed E-state index contributed by atoms with van der Waals surface area (Å²) in [7, 11) is 0. The Morgan fingerprint density at radius 3 is 2.96 bits per heavy atom. The van der Waals surface area contributed by atoms with Crippen molar-refractivity contribution in [1.29, 1.82) is 0 Å². The van der Waals surface area contributed by atoms with Gasteiger partial charge in [0.05, 0.1) is 12.2 Å². The highest BCUT2D eigenvalue weighted by molar-refractivity contribution is 6.09. The average molecular weight is 330 g/mol. The van der Waals surface area contributed by atoms with Gasteiger partial charge in [0, 0.05) is 6.20 Å². The van der Waals surface area contributed by atoms with E-state index in [2.05, 4.69) is 15.6 Å². The molecule has 2 N–H and O–H groups in total. The standard InChI is InChI=1S/C17H22N4O3/c1-12-6-2-4-8-17(12)15(23)21(16(24)20-17)11-14(22)19-10-13-7-3-5-9-18-13/h3,5,7,9,12H,2,4,6,8,10-11H2,1H3,(H,19,22)(H,20,24). The van der Waals surface area contributed by atoms with Crippen LogP contribution in [0.3, 0.4) is 0 Å². The van der Waals surface area contributed by atoms with Crippen LogP contribution in [0.2, 0.25) is 0 Å². The van der Waals surface area contributed by atoms with Gasteiger partial charge in [-0.2, -0.15) is 0 Å². The number of nitrogens with one attached hydrogen (secondary N) is 2. The second-order valence-corrected chi connectivity index (χ2v) is 6.54. The first-order chi connectivity index (χ1) is 11.5. The summed E-state index contributed by atoms with van der Waals surface area (Å²) in [5.41, 5.74) is -0.100. The number of imide groups is 1. The third-order valence-corrected chi connectivity index (χ3v) is 5.00. The van der Waals surface area contributed by atoms with Gasteiger partial charge in [-0.25, -0.2) is 4.79 Å². The zero-order valence-electron chi connectivity index (χ0n) is 13.7. The zero-order chi connectivity index (χ0) is 17.2. The number of aromatic nitrogens is 1. The zero-order valence-corrected chi connectivity index (χ0v) is 13.7. The summed E-state index contributed by atoms with van der Waals surface area (Å²) in [6.07, 6.45) is 5.18. The van der Waals surface area contributed by atoms with Gasteiger partial charge in [-0.1, -0.05) is 25.8 Å². The summed E-state index contributed by atoms with van der Waals surface area (Å²) < 4.78 is 0. The number of pyridine rings is 1. The molecule has 7 heteroatoms. The third kappa shape index (κ3) is 2.98. The van der Waals surface area contributed by atoms with Crippen LogP contribution in [0, 0.1) is 5.92 Å². The fourth-order valence-corrected chi connectivity index (χ4v) is 3.53. The molecule has 2 atom stereocenters. The Hall–Kier alpha value is -2.44. The number of hydrogen-bond acceptors (Lipinski definition) is 4. The van der Waals surface area contributed by atoms with E-state index in [4.69, 9.17) is 0 Å². The van der Waals surface area contributed by atoms with Gasteiger partial charge in [0.2, 0.25) is 5.91 Å². The van der Waals surface area contributed by atoms with Crippen molar-refractivity contribution in [2.75, 3.05) is 6.54 Å². The minimum absolute atomic E-state index is 0.0873. The van der Waals surface area contributed by atoms with Crippen molar-refractivity contribution in [2.24, 2.45) is 5.92 Å². The quantitative estimate of drug-likeness (QED) is 0.812. The number of urea groups is 1. The molecule has 1 spiro atoms. The van der Waals surface area contributed by atoms with E-state index in [0.29, 0.717) is 6.42 Å². The monoisotopic (exact) mass is 330 g/mol. The number of hydrogen-bond donors (Lipinski definition) is 2. The predicted molar refractivity (Wildman–Crippen MR) is 86.7 cm³/mol. The molecule has 2 unspecified atom stereocenters. The van der Waals surface area contributed by atoms with Crippen LogP contribution < -0.4 is 10.6 Å². The molecular formula is C17H22N4O3. The van der Waals surface area contributed by atoms with Crippen LogP contribution >= 0.6 is 0 Å². The van der Waals surface area contributed by atoms with E-state index in [1.807, 2.05) is 13.0 Å². The minimum atomic E-state index is -0.823. The van der Waals surface area contributed by atoms with Crippen LogP contribution in [0.1, 0.15) is 38.3 Å². The Labute approximate surface area is 140 Å². The first kappa shape index (κ1) is 16.4. The fourth-order valence-electron chi connectivity index (χ4n) is 3.53. The van der Waals surface area contributed by atoms with Crippen molar-refractivity contribution in [3.63, 3.8) is 0 Å². The topological polar surface area (TPSA) is 91.4 Å². The summed E-state index contributed by atoms with van der Waals surface area (Å²) in [4.78, 5) is 42.2. The van der Waals surface area contributed by atoms with E-state index >= 15 is 0 Å². The van der Waals surface area contributed by atoms with Gasteiger partial charge in [0.1, 0.15) is 12.1 Å². The van der Waals surface area contributed by atoms with Crippen LogP contribution in [0.15, 0.2) is 24.4 Å². The molecule has 1 saturated carbocycles. The molecule has 4 amide bonds. The molecule has 1 aromatic rings. The van der Waals surface area contributed by atoms with E-state index < -0.39 is 11.6 Å². The summed E-state index contributed by atoms with van der Waals surface area (Å²) in [5.74, 6) is -0.554. The molecule has 128 valence electrons. The second-order valence-electron chi connectivity index (χ2n) is 6.54. The van der Waals surface area contributed by atoms with Gasteiger partial charge in [0.15, 0.2) is 0 Å². The summed E-state index contributed by atoms with van der Waals surface area (Å²) in [5, 5.41) is 5.54. The van der Waals surface area contributed by atoms with Crippen molar-refractivity contribution >= 4 is 17.8 Å². The summed E-state index contributed by atoms with van der Waals surface area (Å²) in [6.45, 7) is 2.00. The number of nitrogens with zero attached hydrogens (tertiary/aromatic N) is 2. The molecule has 1 aliphatic heterocycles. The van der Waals surface area contributed by atoms with Crippen molar-refractivity contribution in [1.82, 2.24) is 20.5 Å². The van der Waals surface area contributed by atoms with Gasteiger partial charge in [0.25, 0.3) is 5.91 Å². The van der Waals surface area contributed by atoms with E-state index in [9.17, 15) is 14.4 Å². The molecule has 3 rings (SSSR count). The van der Waals surface area contributed by atoms with Gasteiger partial charge in [-0.05, 0) is 30.9 Å². The molecule has 7 nitrogen and oxygen atoms in total. The highest BCUT2D eigenvalue weighted by atomic mass is 16.2. The van der Waals surface area contributed by atoms with Gasteiger partial charge >= 0.3 is 6.03 Å². The molecule has 0 bridgehead atoms. The van der Waals surface area contributed by atoms with Crippen LogP contribution in [0.5, 0.6) is 0 Å². The predicted octanol–water partition coefficient (Wildman–Crippen LogP) is 1.20. The molecule has 1 aliphatic carbocycles. The third-order valence-electron chi connectivity index (χ3n) is 5.00. The Kier molecular flexibility index (Phi) is 4.51. The number of rotatable bonds is 4. The van der Waals surface area contributed by atoms with E-state index in [-0.39, 0.29) is 30.8 Å². The highest BCUT2D eigenvalue weighted by Crippen LogP contribution is 2.38. The lowest BCUT2D eigenvalue weighted by Crippen LogP contribution is -2.54. The Morgan fingerprint density at radius 2 is 2.25 bits per heavy atom. The lowest BCUT2D eigenvalue weighted by atomic mass is 9.73. The maximum Gasteiger partial charge on any atom is 0.325 e. The van der Waals surface area contributed by atoms with Crippen molar-refractivity contribution in [3.05, 3.63) is 30.1 Å². The summed E-state index contributed by atoms with van der Waals surface area (Å²) >= 11 is 0. The maximum atomic E-state index is 12.8. The number of carbonyl (C=O) groups excluding carboxylic acids is 3. The molecule has 0 radical (unpaired) electrons. The normalized spacial score (nSPS) is 26.5. The van der Waals surface area contributed by atoms with Crippen LogP contribution in [0.25, 0.3) is 0 Å². The van der Waals surface area contributed by atoms with Gasteiger partial charge in [-0.15, -0.1) is 0 Å². The Morgan fingerprint density at radius 1 is 1.42 bits per heavy atom. The molecule has 0 aromatic carbocycles. The Bertz CT molecular complexity index is 648. The first-order valence-corrected chi connectivity index (χ1v) is 8.33. The molecule has 1 aromatic heterocycles. The molecule has 2 aliphatic rings. The largest absolute Gasteiger partial charge is 0.349 e. The number of carbonyl (C=O) groups is 3. The molecule has 1 saturated heterocycles. The van der Waals surface area contributed by atoms with Crippen LogP contribution in [0.4, 0.5) is 4.79 Å². The highest BCUT2D eigenvalue weighted by Gasteiger charge is 2.55. The van der Waals surface area contributed by atoms with Gasteiger partial charge < -0.3 is 10.6 Å². The fraction of sp³-hybridized carbons (Fsp3) is 0.529. The molecular weight excluding hydrogens is 308 g/mol. The number of amides is 4. The minimum Gasteiger partial charge on any atom is -0.349 e. The molecule has 2 fully saturated rings. The average Bonchev–Trinajstić information content (AvgIpc) is 2.82. The van der Waals surface area contributed by atoms with E-state index in [1.54, 1.807) is 18.3 Å². The van der Waals surface area contributed by atoms with E-state index in [1.165, 1.54) is 0 Å². The second kappa shape index (κ2) is 6.59. The lowest BCUT2D eigenvalue weighted by Gasteiger charge is -2.36. The van der Waals surface area contributed by atoms with Crippen LogP contribution in [-0.4, -0.2) is 39.8 Å². The maximum absolute atomic E-state index is 12.8. The van der Waals surface area contributed by atoms with Crippen LogP contribution in [-0.2, 0) is 16.1 Å². The molecule has 24 heavy (non-hydrogen) atoms. The van der Waals surface area contributed by atoms with E-state index in [0.717, 1.165) is 29.9 Å². The molecule has 2 heterocycles. The first-order valence-electron chi connectivity index (χ1n) is 8.33. The van der Waals surface area contributed by atoms with Gasteiger partial charge in [-0.3, -0.25) is 19.5 Å². The Balaban J connectivity index is 1.61. The lowest BCUT2D eigenvalue weighted by molar-refractivity contribution is -0.137. The van der Waals surface area contributed by atoms with Crippen molar-refractivity contribution < 1.29 is 14.4 Å². The van der Waals surface area contributed by atoms with Crippen molar-refractivity contribution in [2.45, 2.75) is 44.7 Å². The smallest absolute Gasteiger partial charge is 0.325 e. The summed E-state index contributed by atoms with van der Waals surface area (Å²) in [6, 6.07) is 4.96.